The summed E-state index contributed by atoms with van der Waals surface area (Å²) in [6, 6.07) is 12.8. The molecule has 0 aromatic heterocycles. The van der Waals surface area contributed by atoms with Gasteiger partial charge in [-0.1, -0.05) is 18.2 Å². The number of aryl methyl sites for hydroxylation is 1. The van der Waals surface area contributed by atoms with Crippen molar-refractivity contribution >= 4 is 12.1 Å². The molecular weight excluding hydrogens is 300 g/mol. The number of carboxylic acids is 1. The van der Waals surface area contributed by atoms with E-state index in [1.54, 1.807) is 18.2 Å². The first-order valence-corrected chi connectivity index (χ1v) is 6.62. The van der Waals surface area contributed by atoms with Gasteiger partial charge in [-0.05, 0) is 42.3 Å². The minimum Gasteiger partial charge on any atom is -0.493 e. The van der Waals surface area contributed by atoms with Crippen LogP contribution in [0, 0.1) is 6.92 Å². The van der Waals surface area contributed by atoms with Crippen LogP contribution in [-0.2, 0) is 20.8 Å². The summed E-state index contributed by atoms with van der Waals surface area (Å²) in [5.41, 5.74) is 1.77. The summed E-state index contributed by atoms with van der Waals surface area (Å²) in [6.45, 7) is 1.99. The third-order valence-electron chi connectivity index (χ3n) is 2.80. The first-order chi connectivity index (χ1) is 11.0. The number of ether oxygens (including phenoxy) is 2. The SMILES string of the molecule is COc1cc(CC(=O)O)ccc1Oc1cccc(C)c1.O=C=O. The Morgan fingerprint density at radius 2 is 1.83 bits per heavy atom. The van der Waals surface area contributed by atoms with Crippen molar-refractivity contribution in [2.45, 2.75) is 13.3 Å². The molecule has 0 aliphatic rings. The molecule has 0 heterocycles. The van der Waals surface area contributed by atoms with Crippen molar-refractivity contribution in [3.8, 4) is 17.2 Å². The van der Waals surface area contributed by atoms with Gasteiger partial charge in [0, 0.05) is 0 Å². The fraction of sp³-hybridized carbons (Fsp3) is 0.176. The Balaban J connectivity index is 0.000000816. The Kier molecular flexibility index (Phi) is 7.04. The third-order valence-corrected chi connectivity index (χ3v) is 2.80. The molecule has 0 amide bonds. The molecule has 0 bridgehead atoms. The Hall–Kier alpha value is -3.11. The van der Waals surface area contributed by atoms with E-state index in [-0.39, 0.29) is 12.6 Å². The van der Waals surface area contributed by atoms with Crippen LogP contribution in [0.2, 0.25) is 0 Å². The van der Waals surface area contributed by atoms with E-state index in [4.69, 9.17) is 24.2 Å². The summed E-state index contributed by atoms with van der Waals surface area (Å²) in [4.78, 5) is 27.0. The van der Waals surface area contributed by atoms with Crippen molar-refractivity contribution in [2.24, 2.45) is 0 Å². The highest BCUT2D eigenvalue weighted by Gasteiger charge is 2.09. The third kappa shape index (κ3) is 6.03. The molecule has 0 fully saturated rings. The Morgan fingerprint density at radius 3 is 2.39 bits per heavy atom. The maximum atomic E-state index is 10.7. The molecule has 2 aromatic rings. The second-order valence-electron chi connectivity index (χ2n) is 4.56. The maximum Gasteiger partial charge on any atom is 0.373 e. The van der Waals surface area contributed by atoms with E-state index >= 15 is 0 Å². The molecule has 6 heteroatoms. The molecule has 0 aliphatic carbocycles. The average Bonchev–Trinajstić information content (AvgIpc) is 2.49. The zero-order chi connectivity index (χ0) is 17.2. The highest BCUT2D eigenvalue weighted by molar-refractivity contribution is 5.70. The highest BCUT2D eigenvalue weighted by Crippen LogP contribution is 2.32. The van der Waals surface area contributed by atoms with Gasteiger partial charge < -0.3 is 14.6 Å². The molecule has 2 aromatic carbocycles. The smallest absolute Gasteiger partial charge is 0.373 e. The van der Waals surface area contributed by atoms with Crippen LogP contribution in [-0.4, -0.2) is 24.3 Å². The first kappa shape index (κ1) is 17.9. The van der Waals surface area contributed by atoms with E-state index in [0.29, 0.717) is 22.8 Å². The van der Waals surface area contributed by atoms with Gasteiger partial charge in [0.1, 0.15) is 5.75 Å². The second-order valence-corrected chi connectivity index (χ2v) is 4.56. The van der Waals surface area contributed by atoms with Crippen LogP contribution in [0.15, 0.2) is 42.5 Å². The van der Waals surface area contributed by atoms with Crippen molar-refractivity contribution in [3.63, 3.8) is 0 Å². The molecule has 0 spiro atoms. The molecule has 120 valence electrons. The van der Waals surface area contributed by atoms with Gasteiger partial charge in [-0.2, -0.15) is 9.59 Å². The minimum atomic E-state index is -0.876. The number of carboxylic acid groups (broad SMARTS) is 1. The molecule has 0 atom stereocenters. The van der Waals surface area contributed by atoms with E-state index in [1.165, 1.54) is 7.11 Å². The summed E-state index contributed by atoms with van der Waals surface area (Å²) in [5.74, 6) is 0.922. The molecule has 0 radical (unpaired) electrons. The standard InChI is InChI=1S/C16H16O4.CO2/c1-11-4-3-5-13(8-11)20-14-7-6-12(10-16(17)18)9-15(14)19-2;2-1-3/h3-9H,10H2,1-2H3,(H,17,18);. The number of hydrogen-bond donors (Lipinski definition) is 1. The zero-order valence-electron chi connectivity index (χ0n) is 12.7. The summed E-state index contributed by atoms with van der Waals surface area (Å²) >= 11 is 0. The molecule has 0 aliphatic heterocycles. The molecule has 0 saturated heterocycles. The van der Waals surface area contributed by atoms with Gasteiger partial charge in [0.15, 0.2) is 11.5 Å². The molecule has 0 unspecified atom stereocenters. The number of methoxy groups -OCH3 is 1. The van der Waals surface area contributed by atoms with Crippen LogP contribution in [0.1, 0.15) is 11.1 Å². The maximum absolute atomic E-state index is 10.7. The van der Waals surface area contributed by atoms with Gasteiger partial charge >= 0.3 is 12.1 Å². The fourth-order valence-corrected chi connectivity index (χ4v) is 1.89. The summed E-state index contributed by atoms with van der Waals surface area (Å²) in [5, 5.41) is 8.79. The van der Waals surface area contributed by atoms with E-state index < -0.39 is 5.97 Å². The average molecular weight is 316 g/mol. The van der Waals surface area contributed by atoms with Crippen molar-refractivity contribution in [2.75, 3.05) is 7.11 Å². The minimum absolute atomic E-state index is 0.0406. The molecule has 2 rings (SSSR count). The van der Waals surface area contributed by atoms with Gasteiger partial charge in [0.05, 0.1) is 13.5 Å². The number of carbonyl (C=O) groups is 1. The van der Waals surface area contributed by atoms with E-state index in [1.807, 2.05) is 31.2 Å². The Morgan fingerprint density at radius 1 is 1.13 bits per heavy atom. The van der Waals surface area contributed by atoms with Gasteiger partial charge in [-0.15, -0.1) is 0 Å². The zero-order valence-corrected chi connectivity index (χ0v) is 12.7. The Bertz CT molecular complexity index is 702. The lowest BCUT2D eigenvalue weighted by atomic mass is 10.1. The quantitative estimate of drug-likeness (QED) is 0.912. The number of hydrogen-bond acceptors (Lipinski definition) is 5. The molecule has 0 saturated carbocycles. The van der Waals surface area contributed by atoms with Crippen molar-refractivity contribution < 1.29 is 29.0 Å². The van der Waals surface area contributed by atoms with Gasteiger partial charge in [-0.25, -0.2) is 0 Å². The molecule has 23 heavy (non-hydrogen) atoms. The number of carbonyl (C=O) groups excluding carboxylic acids is 2. The first-order valence-electron chi connectivity index (χ1n) is 6.62. The van der Waals surface area contributed by atoms with Crippen molar-refractivity contribution in [3.05, 3.63) is 53.6 Å². The van der Waals surface area contributed by atoms with Crippen molar-refractivity contribution in [1.29, 1.82) is 0 Å². The summed E-state index contributed by atoms with van der Waals surface area (Å²) < 4.78 is 11.0. The Labute approximate surface area is 133 Å². The van der Waals surface area contributed by atoms with Crippen molar-refractivity contribution in [1.82, 2.24) is 0 Å². The summed E-state index contributed by atoms with van der Waals surface area (Å²) in [7, 11) is 1.53. The van der Waals surface area contributed by atoms with E-state index in [2.05, 4.69) is 0 Å². The molecule has 1 N–H and O–H groups in total. The number of benzene rings is 2. The monoisotopic (exact) mass is 316 g/mol. The topological polar surface area (TPSA) is 89.9 Å². The largest absolute Gasteiger partial charge is 0.493 e. The lowest BCUT2D eigenvalue weighted by Gasteiger charge is -2.11. The van der Waals surface area contributed by atoms with Gasteiger partial charge in [-0.3, -0.25) is 4.79 Å². The van der Waals surface area contributed by atoms with E-state index in [9.17, 15) is 4.79 Å². The van der Waals surface area contributed by atoms with Crippen LogP contribution >= 0.6 is 0 Å². The summed E-state index contributed by atoms with van der Waals surface area (Å²) in [6.07, 6.45) is 0.209. The van der Waals surface area contributed by atoms with Crippen LogP contribution in [0.5, 0.6) is 17.2 Å². The predicted octanol–water partition coefficient (Wildman–Crippen LogP) is 2.84. The normalized spacial score (nSPS) is 9.13. The fourth-order valence-electron chi connectivity index (χ4n) is 1.89. The second kappa shape index (κ2) is 9.02. The number of aliphatic carboxylic acids is 1. The van der Waals surface area contributed by atoms with E-state index in [0.717, 1.165) is 5.56 Å². The molecule has 6 nitrogen and oxygen atoms in total. The predicted molar refractivity (Wildman–Crippen MR) is 80.6 cm³/mol. The van der Waals surface area contributed by atoms with Crippen LogP contribution in [0.25, 0.3) is 0 Å². The van der Waals surface area contributed by atoms with Gasteiger partial charge in [0.2, 0.25) is 0 Å². The lowest BCUT2D eigenvalue weighted by molar-refractivity contribution is -0.191. The lowest BCUT2D eigenvalue weighted by Crippen LogP contribution is -2.00. The molecular formula is C17H16O6. The van der Waals surface area contributed by atoms with Crippen LogP contribution in [0.3, 0.4) is 0 Å². The van der Waals surface area contributed by atoms with Gasteiger partial charge in [0.25, 0.3) is 0 Å². The number of rotatable bonds is 5. The highest BCUT2D eigenvalue weighted by atomic mass is 16.5. The van der Waals surface area contributed by atoms with Crippen LogP contribution < -0.4 is 9.47 Å². The van der Waals surface area contributed by atoms with Crippen LogP contribution in [0.4, 0.5) is 0 Å².